The van der Waals surface area contributed by atoms with Crippen LogP contribution in [0.3, 0.4) is 0 Å². The average Bonchev–Trinajstić information content (AvgIpc) is 3.12. The number of para-hydroxylation sites is 1. The third kappa shape index (κ3) is 3.37. The molecule has 0 bridgehead atoms. The van der Waals surface area contributed by atoms with Crippen molar-refractivity contribution in [3.05, 3.63) is 57.1 Å². The molecule has 5 rings (SSSR count). The molecule has 0 amide bonds. The smallest absolute Gasteiger partial charge is 0.331 e. The quantitative estimate of drug-likeness (QED) is 0.479. The normalized spacial score (nSPS) is 16.7. The van der Waals surface area contributed by atoms with Crippen LogP contribution >= 0.6 is 0 Å². The fourth-order valence-electron chi connectivity index (χ4n) is 4.80. The van der Waals surface area contributed by atoms with Gasteiger partial charge in [0.25, 0.3) is 5.56 Å². The first-order valence-corrected chi connectivity index (χ1v) is 11.2. The Morgan fingerprint density at radius 2 is 1.97 bits per heavy atom. The minimum Gasteiger partial charge on any atom is -0.503 e. The Kier molecular flexibility index (Phi) is 5.16. The number of aryl methyl sites for hydroxylation is 2. The predicted molar refractivity (Wildman–Crippen MR) is 127 cm³/mol. The van der Waals surface area contributed by atoms with Gasteiger partial charge < -0.3 is 20.3 Å². The number of hydrogen-bond donors (Lipinski definition) is 2. The Bertz CT molecular complexity index is 1480. The molecule has 1 atom stereocenters. The lowest BCUT2D eigenvalue weighted by atomic mass is 10.1. The zero-order valence-electron chi connectivity index (χ0n) is 18.7. The molecule has 1 aliphatic rings. The van der Waals surface area contributed by atoms with Crippen LogP contribution < -0.4 is 21.9 Å². The highest BCUT2D eigenvalue weighted by molar-refractivity contribution is 5.90. The fourth-order valence-corrected chi connectivity index (χ4v) is 4.80. The van der Waals surface area contributed by atoms with Gasteiger partial charge in [0.15, 0.2) is 11.6 Å². The Morgan fingerprint density at radius 3 is 2.73 bits per heavy atom. The van der Waals surface area contributed by atoms with Gasteiger partial charge in [-0.1, -0.05) is 18.2 Å². The Morgan fingerprint density at radius 1 is 1.18 bits per heavy atom. The highest BCUT2D eigenvalue weighted by Gasteiger charge is 2.29. The van der Waals surface area contributed by atoms with Crippen molar-refractivity contribution in [1.82, 2.24) is 23.7 Å². The number of anilines is 1. The fraction of sp³-hybridized carbons (Fsp3) is 0.391. The maximum Gasteiger partial charge on any atom is 0.331 e. The topological polar surface area (TPSA) is 124 Å². The van der Waals surface area contributed by atoms with Crippen molar-refractivity contribution in [2.45, 2.75) is 38.9 Å². The molecule has 3 aromatic heterocycles. The summed E-state index contributed by atoms with van der Waals surface area (Å²) in [5, 5.41) is 12.0. The monoisotopic (exact) mass is 449 g/mol. The third-order valence-corrected chi connectivity index (χ3v) is 6.40. The van der Waals surface area contributed by atoms with E-state index in [0.717, 1.165) is 34.9 Å². The minimum atomic E-state index is -0.533. The van der Waals surface area contributed by atoms with Gasteiger partial charge in [-0.05, 0) is 25.8 Å². The molecule has 0 radical (unpaired) electrons. The summed E-state index contributed by atoms with van der Waals surface area (Å²) in [5.74, 6) is 0.842. The third-order valence-electron chi connectivity index (χ3n) is 6.40. The second-order valence-corrected chi connectivity index (χ2v) is 8.54. The van der Waals surface area contributed by atoms with Crippen molar-refractivity contribution in [2.24, 2.45) is 12.8 Å². The van der Waals surface area contributed by atoms with Gasteiger partial charge in [0.05, 0.1) is 12.1 Å². The number of aromatic nitrogens is 5. The SMILES string of the molecule is CCn1c(N2CCC[C@@H](N)C2)c(O)c2c1c(=O)n(Cc1ncc3ccccc3n1)c(=O)n2C. The molecule has 4 aromatic rings. The molecule has 1 fully saturated rings. The van der Waals surface area contributed by atoms with Crippen molar-refractivity contribution < 1.29 is 5.11 Å². The summed E-state index contributed by atoms with van der Waals surface area (Å²) in [5.41, 5.74) is 6.41. The first-order valence-electron chi connectivity index (χ1n) is 11.2. The second kappa shape index (κ2) is 8.04. The van der Waals surface area contributed by atoms with Crippen LogP contribution in [0.25, 0.3) is 21.9 Å². The maximum absolute atomic E-state index is 13.6. The summed E-state index contributed by atoms with van der Waals surface area (Å²) in [6.45, 7) is 3.61. The van der Waals surface area contributed by atoms with E-state index in [9.17, 15) is 14.7 Å². The zero-order valence-corrected chi connectivity index (χ0v) is 18.7. The summed E-state index contributed by atoms with van der Waals surface area (Å²) in [7, 11) is 1.56. The Hall–Kier alpha value is -3.66. The summed E-state index contributed by atoms with van der Waals surface area (Å²) >= 11 is 0. The highest BCUT2D eigenvalue weighted by Crippen LogP contribution is 2.37. The van der Waals surface area contributed by atoms with E-state index in [1.807, 2.05) is 36.1 Å². The van der Waals surface area contributed by atoms with Crippen LogP contribution in [0.2, 0.25) is 0 Å². The number of benzene rings is 1. The van der Waals surface area contributed by atoms with E-state index in [1.165, 1.54) is 4.57 Å². The van der Waals surface area contributed by atoms with Crippen molar-refractivity contribution in [2.75, 3.05) is 18.0 Å². The van der Waals surface area contributed by atoms with Crippen molar-refractivity contribution in [1.29, 1.82) is 0 Å². The molecule has 10 heteroatoms. The molecule has 1 aliphatic heterocycles. The van der Waals surface area contributed by atoms with Crippen LogP contribution in [0.4, 0.5) is 5.82 Å². The lowest BCUT2D eigenvalue weighted by Crippen LogP contribution is -2.43. The lowest BCUT2D eigenvalue weighted by Gasteiger charge is -2.33. The van der Waals surface area contributed by atoms with E-state index < -0.39 is 11.2 Å². The van der Waals surface area contributed by atoms with Gasteiger partial charge in [-0.2, -0.15) is 0 Å². The van der Waals surface area contributed by atoms with Crippen LogP contribution in [0.15, 0.2) is 40.1 Å². The van der Waals surface area contributed by atoms with E-state index in [2.05, 4.69) is 9.97 Å². The van der Waals surface area contributed by atoms with Crippen LogP contribution in [0.5, 0.6) is 5.75 Å². The first-order chi connectivity index (χ1) is 15.9. The molecule has 1 aromatic carbocycles. The van der Waals surface area contributed by atoms with Gasteiger partial charge in [-0.3, -0.25) is 13.9 Å². The average molecular weight is 450 g/mol. The number of aromatic hydroxyl groups is 1. The van der Waals surface area contributed by atoms with Crippen LogP contribution in [-0.2, 0) is 20.1 Å². The number of nitrogens with two attached hydrogens (primary N) is 1. The van der Waals surface area contributed by atoms with Gasteiger partial charge in [0.2, 0.25) is 0 Å². The predicted octanol–water partition coefficient (Wildman–Crippen LogP) is 1.15. The van der Waals surface area contributed by atoms with Gasteiger partial charge >= 0.3 is 5.69 Å². The molecule has 33 heavy (non-hydrogen) atoms. The maximum atomic E-state index is 13.6. The van der Waals surface area contributed by atoms with E-state index in [4.69, 9.17) is 5.73 Å². The molecule has 0 aliphatic carbocycles. The second-order valence-electron chi connectivity index (χ2n) is 8.54. The van der Waals surface area contributed by atoms with E-state index in [0.29, 0.717) is 24.7 Å². The Balaban J connectivity index is 1.69. The Labute approximate surface area is 189 Å². The largest absolute Gasteiger partial charge is 0.503 e. The summed E-state index contributed by atoms with van der Waals surface area (Å²) < 4.78 is 4.23. The van der Waals surface area contributed by atoms with Crippen LogP contribution in [0.1, 0.15) is 25.6 Å². The number of fused-ring (bicyclic) bond motifs is 2. The highest BCUT2D eigenvalue weighted by atomic mass is 16.3. The van der Waals surface area contributed by atoms with Gasteiger partial charge in [0.1, 0.15) is 16.9 Å². The zero-order chi connectivity index (χ0) is 23.3. The number of nitrogens with zero attached hydrogens (tertiary/aromatic N) is 6. The summed E-state index contributed by atoms with van der Waals surface area (Å²) in [4.78, 5) is 37.6. The molecule has 172 valence electrons. The van der Waals surface area contributed by atoms with E-state index >= 15 is 0 Å². The van der Waals surface area contributed by atoms with Crippen LogP contribution in [-0.4, -0.2) is 47.9 Å². The summed E-state index contributed by atoms with van der Waals surface area (Å²) in [6, 6.07) is 7.54. The van der Waals surface area contributed by atoms with Crippen molar-refractivity contribution in [3.8, 4) is 5.75 Å². The lowest BCUT2D eigenvalue weighted by molar-refractivity contribution is 0.457. The standard InChI is InChI=1S/C23H27N7O3/c1-3-29-19-18(20(31)21(29)28-10-6-8-15(24)12-28)27(2)23(33)30(22(19)32)13-17-25-11-14-7-4-5-9-16(14)26-17/h4-5,7,9,11,15,31H,3,6,8,10,12-13,24H2,1-2H3/t15-/m1/s1. The molecule has 0 saturated carbocycles. The van der Waals surface area contributed by atoms with Crippen molar-refractivity contribution in [3.63, 3.8) is 0 Å². The van der Waals surface area contributed by atoms with Crippen LogP contribution in [0, 0.1) is 0 Å². The van der Waals surface area contributed by atoms with E-state index in [1.54, 1.807) is 17.8 Å². The molecule has 4 heterocycles. The van der Waals surface area contributed by atoms with E-state index in [-0.39, 0.29) is 29.4 Å². The molecule has 10 nitrogen and oxygen atoms in total. The number of rotatable bonds is 4. The first kappa shape index (κ1) is 21.2. The summed E-state index contributed by atoms with van der Waals surface area (Å²) in [6.07, 6.45) is 3.50. The van der Waals surface area contributed by atoms with Gasteiger partial charge in [0, 0.05) is 44.3 Å². The number of piperidine rings is 1. The minimum absolute atomic E-state index is 0.00741. The molecule has 1 saturated heterocycles. The van der Waals surface area contributed by atoms with Gasteiger partial charge in [-0.15, -0.1) is 0 Å². The molecular formula is C23H27N7O3. The molecule has 0 spiro atoms. The van der Waals surface area contributed by atoms with Crippen molar-refractivity contribution >= 4 is 27.8 Å². The molecule has 0 unspecified atom stereocenters. The molecular weight excluding hydrogens is 422 g/mol. The molecule has 3 N–H and O–H groups in total. The number of hydrogen-bond acceptors (Lipinski definition) is 7. The van der Waals surface area contributed by atoms with Gasteiger partial charge in [-0.25, -0.2) is 14.8 Å².